The molecule has 3 aromatic carbocycles. The maximum Gasteiger partial charge on any atom is 0.251 e. The Hall–Kier alpha value is -3.71. The summed E-state index contributed by atoms with van der Waals surface area (Å²) >= 11 is 0. The van der Waals surface area contributed by atoms with Crippen molar-refractivity contribution >= 4 is 11.8 Å². The first-order valence-electron chi connectivity index (χ1n) is 13.6. The lowest BCUT2D eigenvalue weighted by atomic mass is 9.84. The molecule has 0 aliphatic carbocycles. The van der Waals surface area contributed by atoms with Crippen LogP contribution in [0.4, 0.5) is 4.39 Å². The zero-order valence-electron chi connectivity index (χ0n) is 22.8. The topological polar surface area (TPSA) is 70.7 Å². The fourth-order valence-corrected chi connectivity index (χ4v) is 4.78. The Labute approximate surface area is 230 Å². The van der Waals surface area contributed by atoms with Gasteiger partial charge in [-0.2, -0.15) is 0 Å². The summed E-state index contributed by atoms with van der Waals surface area (Å²) in [6.07, 6.45) is 2.71. The number of nitrogens with zero attached hydrogens (tertiary/aromatic N) is 1. The summed E-state index contributed by atoms with van der Waals surface area (Å²) < 4.78 is 19.6. The van der Waals surface area contributed by atoms with E-state index in [1.807, 2.05) is 61.2 Å². The molecule has 206 valence electrons. The number of benzene rings is 3. The van der Waals surface area contributed by atoms with E-state index in [1.165, 1.54) is 12.1 Å². The second-order valence-electron chi connectivity index (χ2n) is 10.7. The van der Waals surface area contributed by atoms with E-state index in [0.29, 0.717) is 44.1 Å². The highest BCUT2D eigenvalue weighted by atomic mass is 19.1. The van der Waals surface area contributed by atoms with Crippen LogP contribution in [-0.4, -0.2) is 43.0 Å². The minimum absolute atomic E-state index is 0.0318. The second kappa shape index (κ2) is 13.4. The lowest BCUT2D eigenvalue weighted by molar-refractivity contribution is -0.122. The van der Waals surface area contributed by atoms with Crippen molar-refractivity contribution in [1.29, 1.82) is 0 Å². The molecule has 0 fully saturated rings. The first-order chi connectivity index (χ1) is 18.8. The van der Waals surface area contributed by atoms with Crippen molar-refractivity contribution in [2.75, 3.05) is 26.2 Å². The van der Waals surface area contributed by atoms with Crippen LogP contribution in [0.5, 0.6) is 5.75 Å². The molecule has 7 heteroatoms. The van der Waals surface area contributed by atoms with Crippen molar-refractivity contribution in [1.82, 2.24) is 15.5 Å². The Bertz CT molecular complexity index is 1250. The highest BCUT2D eigenvalue weighted by Crippen LogP contribution is 2.27. The van der Waals surface area contributed by atoms with Crippen LogP contribution in [0.1, 0.15) is 60.2 Å². The molecule has 3 aromatic rings. The van der Waals surface area contributed by atoms with Crippen LogP contribution in [0.3, 0.4) is 0 Å². The first kappa shape index (κ1) is 28.3. The molecule has 1 aliphatic rings. The number of carbonyl (C=O) groups excluding carboxylic acids is 2. The minimum Gasteiger partial charge on any atom is -0.493 e. The quantitative estimate of drug-likeness (QED) is 0.458. The Morgan fingerprint density at radius 3 is 2.51 bits per heavy atom. The Morgan fingerprint density at radius 2 is 1.74 bits per heavy atom. The van der Waals surface area contributed by atoms with Crippen LogP contribution in [-0.2, 0) is 23.3 Å². The molecule has 0 saturated heterocycles. The number of ether oxygens (including phenoxy) is 1. The van der Waals surface area contributed by atoms with Crippen molar-refractivity contribution < 1.29 is 18.7 Å². The molecule has 2 amide bonds. The van der Waals surface area contributed by atoms with Crippen LogP contribution < -0.4 is 15.4 Å². The van der Waals surface area contributed by atoms with E-state index in [9.17, 15) is 14.0 Å². The van der Waals surface area contributed by atoms with Gasteiger partial charge in [-0.15, -0.1) is 0 Å². The van der Waals surface area contributed by atoms with Gasteiger partial charge in [-0.3, -0.25) is 14.5 Å². The number of fused-ring (bicyclic) bond motifs is 1. The van der Waals surface area contributed by atoms with E-state index in [0.717, 1.165) is 36.0 Å². The van der Waals surface area contributed by atoms with Gasteiger partial charge in [0.15, 0.2) is 0 Å². The van der Waals surface area contributed by atoms with E-state index in [-0.39, 0.29) is 24.2 Å². The van der Waals surface area contributed by atoms with Gasteiger partial charge < -0.3 is 15.4 Å². The van der Waals surface area contributed by atoms with Gasteiger partial charge >= 0.3 is 0 Å². The highest BCUT2D eigenvalue weighted by Gasteiger charge is 2.25. The molecule has 0 radical (unpaired) electrons. The van der Waals surface area contributed by atoms with Crippen LogP contribution >= 0.6 is 0 Å². The summed E-state index contributed by atoms with van der Waals surface area (Å²) in [5, 5.41) is 6.12. The van der Waals surface area contributed by atoms with Crippen molar-refractivity contribution in [2.24, 2.45) is 0 Å². The summed E-state index contributed by atoms with van der Waals surface area (Å²) in [7, 11) is 0. The zero-order valence-corrected chi connectivity index (χ0v) is 22.8. The average Bonchev–Trinajstić information content (AvgIpc) is 2.93. The van der Waals surface area contributed by atoms with Crippen LogP contribution in [0.25, 0.3) is 0 Å². The van der Waals surface area contributed by atoms with E-state index in [4.69, 9.17) is 4.74 Å². The van der Waals surface area contributed by atoms with Crippen LogP contribution in [0.15, 0.2) is 72.8 Å². The monoisotopic (exact) mass is 531 g/mol. The standard InChI is InChI=1S/C32H38FN3O3/c1-32(2,25-14-16-26(33)17-15-25)23-35-31(38)27-12-9-13-29-28(27)21-36(20-24-10-5-3-6-11-24)22-30(37)34-18-7-4-8-19-39-29/h3,5-6,9-17H,4,7-8,18-23H2,1-2H3,(H,34,37)(H,35,38). The van der Waals surface area contributed by atoms with Gasteiger partial charge in [0.2, 0.25) is 5.91 Å². The number of amides is 2. The maximum atomic E-state index is 13.6. The lowest BCUT2D eigenvalue weighted by Crippen LogP contribution is -2.38. The summed E-state index contributed by atoms with van der Waals surface area (Å²) in [6.45, 7) is 6.74. The molecule has 4 rings (SSSR count). The van der Waals surface area contributed by atoms with Gasteiger partial charge in [0.25, 0.3) is 5.91 Å². The van der Waals surface area contributed by atoms with Gasteiger partial charge in [-0.1, -0.05) is 62.4 Å². The zero-order chi connectivity index (χ0) is 27.7. The van der Waals surface area contributed by atoms with Crippen molar-refractivity contribution in [3.63, 3.8) is 0 Å². The summed E-state index contributed by atoms with van der Waals surface area (Å²) in [6, 6.07) is 21.9. The molecule has 0 bridgehead atoms. The molecule has 0 atom stereocenters. The van der Waals surface area contributed by atoms with Gasteiger partial charge in [-0.05, 0) is 54.7 Å². The summed E-state index contributed by atoms with van der Waals surface area (Å²) in [5.41, 5.74) is 2.91. The molecule has 2 N–H and O–H groups in total. The SMILES string of the molecule is CC(C)(CNC(=O)c1cccc2c1CN(Cc1ccccc1)CC(=O)NCCCCCO2)c1ccc(F)cc1. The number of rotatable bonds is 6. The molecular formula is C32H38FN3O3. The smallest absolute Gasteiger partial charge is 0.251 e. The molecule has 0 aromatic heterocycles. The average molecular weight is 532 g/mol. The number of carbonyl (C=O) groups is 2. The molecule has 0 unspecified atom stereocenters. The van der Waals surface area contributed by atoms with Crippen molar-refractivity contribution in [2.45, 2.75) is 51.6 Å². The molecule has 6 nitrogen and oxygen atoms in total. The number of hydrogen-bond donors (Lipinski definition) is 2. The molecule has 0 spiro atoms. The van der Waals surface area contributed by atoms with Crippen molar-refractivity contribution in [3.05, 3.63) is 101 Å². The Morgan fingerprint density at radius 1 is 0.974 bits per heavy atom. The fourth-order valence-electron chi connectivity index (χ4n) is 4.78. The third kappa shape index (κ3) is 8.14. The van der Waals surface area contributed by atoms with E-state index in [2.05, 4.69) is 10.6 Å². The van der Waals surface area contributed by atoms with Gasteiger partial charge in [0.05, 0.1) is 13.2 Å². The third-order valence-electron chi connectivity index (χ3n) is 7.09. The molecular weight excluding hydrogens is 493 g/mol. The first-order valence-corrected chi connectivity index (χ1v) is 13.6. The molecule has 1 aliphatic heterocycles. The third-order valence-corrected chi connectivity index (χ3v) is 7.09. The molecule has 0 saturated carbocycles. The minimum atomic E-state index is -0.398. The van der Waals surface area contributed by atoms with Crippen LogP contribution in [0.2, 0.25) is 0 Å². The van der Waals surface area contributed by atoms with E-state index in [1.54, 1.807) is 18.2 Å². The normalized spacial score (nSPS) is 15.5. The highest BCUT2D eigenvalue weighted by molar-refractivity contribution is 5.96. The van der Waals surface area contributed by atoms with Gasteiger partial charge in [0.1, 0.15) is 11.6 Å². The predicted molar refractivity (Wildman–Crippen MR) is 151 cm³/mol. The number of hydrogen-bond acceptors (Lipinski definition) is 4. The predicted octanol–water partition coefficient (Wildman–Crippen LogP) is 5.21. The van der Waals surface area contributed by atoms with Gasteiger partial charge in [0, 0.05) is 42.7 Å². The van der Waals surface area contributed by atoms with E-state index >= 15 is 0 Å². The summed E-state index contributed by atoms with van der Waals surface area (Å²) in [5.74, 6) is 0.136. The number of nitrogens with one attached hydrogen (secondary N) is 2. The summed E-state index contributed by atoms with van der Waals surface area (Å²) in [4.78, 5) is 28.4. The van der Waals surface area contributed by atoms with E-state index < -0.39 is 5.41 Å². The van der Waals surface area contributed by atoms with Crippen molar-refractivity contribution in [3.8, 4) is 5.75 Å². The maximum absolute atomic E-state index is 13.6. The van der Waals surface area contributed by atoms with Crippen LogP contribution in [0, 0.1) is 5.82 Å². The molecule has 39 heavy (non-hydrogen) atoms. The lowest BCUT2D eigenvalue weighted by Gasteiger charge is -2.27. The van der Waals surface area contributed by atoms with Gasteiger partial charge in [-0.25, -0.2) is 4.39 Å². The Kier molecular flexibility index (Phi) is 9.71. The molecule has 1 heterocycles. The second-order valence-corrected chi connectivity index (χ2v) is 10.7. The largest absolute Gasteiger partial charge is 0.493 e. The fraction of sp³-hybridized carbons (Fsp3) is 0.375. The Balaban J connectivity index is 1.60. The number of halogens is 1.